The topological polar surface area (TPSA) is 103 Å². The van der Waals surface area contributed by atoms with Crippen molar-refractivity contribution in [2.24, 2.45) is 5.92 Å². The Kier molecular flexibility index (Phi) is 15.2. The SMILES string of the molecule is CC(C)[Si](O[C@H]([C@H](COC[C@H](NC(=O)OC(C)(C)C)C(=O)OCc1ccccc1)Cc1ccccc1)[C@H](C)O)(C(C)C)C(C)C. The van der Waals surface area contributed by atoms with Gasteiger partial charge in [-0.15, -0.1) is 0 Å². The summed E-state index contributed by atoms with van der Waals surface area (Å²) in [6.07, 6.45) is -1.37. The largest absolute Gasteiger partial charge is 0.459 e. The minimum absolute atomic E-state index is 0.0626. The molecule has 0 aliphatic carbocycles. The van der Waals surface area contributed by atoms with Crippen molar-refractivity contribution in [1.29, 1.82) is 0 Å². The number of amides is 1. The molecule has 0 saturated heterocycles. The number of aliphatic hydroxyl groups excluding tert-OH is 1. The molecule has 0 spiro atoms. The normalized spacial score (nSPS) is 15.1. The zero-order valence-electron chi connectivity index (χ0n) is 29.0. The van der Waals surface area contributed by atoms with Gasteiger partial charge >= 0.3 is 12.1 Å². The molecule has 0 heterocycles. The van der Waals surface area contributed by atoms with E-state index < -0.39 is 44.2 Å². The lowest BCUT2D eigenvalue weighted by Crippen LogP contribution is -2.54. The van der Waals surface area contributed by atoms with E-state index >= 15 is 0 Å². The highest BCUT2D eigenvalue weighted by Gasteiger charge is 2.48. The van der Waals surface area contributed by atoms with Crippen LogP contribution in [0.4, 0.5) is 4.79 Å². The second-order valence-electron chi connectivity index (χ2n) is 13.9. The Bertz CT molecular complexity index is 1130. The van der Waals surface area contributed by atoms with E-state index in [2.05, 4.69) is 59.0 Å². The van der Waals surface area contributed by atoms with Crippen LogP contribution in [-0.4, -0.2) is 62.6 Å². The van der Waals surface area contributed by atoms with Crippen LogP contribution in [0.5, 0.6) is 0 Å². The Morgan fingerprint density at radius 2 is 1.31 bits per heavy atom. The third-order valence-corrected chi connectivity index (χ3v) is 14.2. The molecular formula is C36H57NO7Si. The summed E-state index contributed by atoms with van der Waals surface area (Å²) in [5.41, 5.74) is 2.18. The first-order valence-electron chi connectivity index (χ1n) is 16.2. The molecule has 9 heteroatoms. The van der Waals surface area contributed by atoms with Gasteiger partial charge in [-0.25, -0.2) is 9.59 Å². The Hall–Kier alpha value is -2.72. The van der Waals surface area contributed by atoms with Gasteiger partial charge in [-0.3, -0.25) is 0 Å². The number of alkyl carbamates (subject to hydrolysis) is 1. The third-order valence-electron chi connectivity index (χ3n) is 8.14. The first kappa shape index (κ1) is 38.5. The van der Waals surface area contributed by atoms with Gasteiger partial charge < -0.3 is 29.1 Å². The van der Waals surface area contributed by atoms with Gasteiger partial charge in [-0.1, -0.05) is 102 Å². The molecule has 2 aromatic rings. The number of benzene rings is 2. The Balaban J connectivity index is 2.32. The van der Waals surface area contributed by atoms with E-state index in [1.54, 1.807) is 27.7 Å². The van der Waals surface area contributed by atoms with Gasteiger partial charge in [0.25, 0.3) is 0 Å². The van der Waals surface area contributed by atoms with Crippen LogP contribution in [0.3, 0.4) is 0 Å². The van der Waals surface area contributed by atoms with Crippen LogP contribution in [0.15, 0.2) is 60.7 Å². The molecule has 0 aromatic heterocycles. The monoisotopic (exact) mass is 643 g/mol. The molecule has 4 atom stereocenters. The fourth-order valence-corrected chi connectivity index (χ4v) is 11.9. The summed E-state index contributed by atoms with van der Waals surface area (Å²) in [5, 5.41) is 13.8. The van der Waals surface area contributed by atoms with Crippen molar-refractivity contribution in [2.75, 3.05) is 13.2 Å². The number of rotatable bonds is 17. The van der Waals surface area contributed by atoms with Crippen molar-refractivity contribution in [3.05, 3.63) is 71.8 Å². The molecule has 2 aromatic carbocycles. The fraction of sp³-hybridized carbons (Fsp3) is 0.611. The lowest BCUT2D eigenvalue weighted by Gasteiger charge is -2.47. The van der Waals surface area contributed by atoms with E-state index in [9.17, 15) is 14.7 Å². The molecule has 0 aliphatic heterocycles. The molecule has 45 heavy (non-hydrogen) atoms. The zero-order chi connectivity index (χ0) is 33.8. The molecule has 2 N–H and O–H groups in total. The molecule has 0 saturated carbocycles. The summed E-state index contributed by atoms with van der Waals surface area (Å²) in [6.45, 7) is 20.5. The quantitative estimate of drug-likeness (QED) is 0.136. The minimum Gasteiger partial charge on any atom is -0.459 e. The average Bonchev–Trinajstić information content (AvgIpc) is 2.95. The Morgan fingerprint density at radius 3 is 1.78 bits per heavy atom. The van der Waals surface area contributed by atoms with Gasteiger partial charge in [0, 0.05) is 5.92 Å². The molecule has 0 fully saturated rings. The molecule has 0 unspecified atom stereocenters. The van der Waals surface area contributed by atoms with Crippen LogP contribution in [-0.2, 0) is 36.5 Å². The lowest BCUT2D eigenvalue weighted by atomic mass is 9.92. The van der Waals surface area contributed by atoms with Gasteiger partial charge in [0.15, 0.2) is 6.04 Å². The van der Waals surface area contributed by atoms with Gasteiger partial charge in [0.1, 0.15) is 12.2 Å². The van der Waals surface area contributed by atoms with Crippen LogP contribution < -0.4 is 5.32 Å². The Morgan fingerprint density at radius 1 is 0.800 bits per heavy atom. The van der Waals surface area contributed by atoms with Crippen LogP contribution in [0.2, 0.25) is 16.6 Å². The van der Waals surface area contributed by atoms with Gasteiger partial charge in [0.05, 0.1) is 25.4 Å². The zero-order valence-corrected chi connectivity index (χ0v) is 30.0. The predicted octanol–water partition coefficient (Wildman–Crippen LogP) is 7.44. The first-order valence-corrected chi connectivity index (χ1v) is 18.4. The highest BCUT2D eigenvalue weighted by Crippen LogP contribution is 2.44. The van der Waals surface area contributed by atoms with E-state index in [1.165, 1.54) is 0 Å². The highest BCUT2D eigenvalue weighted by atomic mass is 28.4. The fourth-order valence-electron chi connectivity index (χ4n) is 6.20. The summed E-state index contributed by atoms with van der Waals surface area (Å²) >= 11 is 0. The second kappa shape index (κ2) is 17.8. The summed E-state index contributed by atoms with van der Waals surface area (Å²) in [7, 11) is -2.36. The molecule has 8 nitrogen and oxygen atoms in total. The smallest absolute Gasteiger partial charge is 0.408 e. The summed E-state index contributed by atoms with van der Waals surface area (Å²) < 4.78 is 24.3. The van der Waals surface area contributed by atoms with Crippen molar-refractivity contribution in [2.45, 2.75) is 123 Å². The number of esters is 1. The van der Waals surface area contributed by atoms with Crippen molar-refractivity contribution in [3.63, 3.8) is 0 Å². The van der Waals surface area contributed by atoms with Crippen LogP contribution in [0, 0.1) is 5.92 Å². The van der Waals surface area contributed by atoms with E-state index in [4.69, 9.17) is 18.6 Å². The Labute approximate surface area is 272 Å². The van der Waals surface area contributed by atoms with Crippen LogP contribution >= 0.6 is 0 Å². The van der Waals surface area contributed by atoms with E-state index in [-0.39, 0.29) is 25.7 Å². The number of nitrogens with one attached hydrogen (secondary N) is 1. The number of hydrogen-bond donors (Lipinski definition) is 2. The van der Waals surface area contributed by atoms with Gasteiger partial charge in [-0.2, -0.15) is 0 Å². The maximum absolute atomic E-state index is 13.2. The van der Waals surface area contributed by atoms with Gasteiger partial charge in [-0.05, 0) is 61.9 Å². The first-order chi connectivity index (χ1) is 21.1. The second-order valence-corrected chi connectivity index (χ2v) is 19.3. The summed E-state index contributed by atoms with van der Waals surface area (Å²) in [4.78, 5) is 25.9. The standard InChI is InChI=1S/C36H57NO7Si/c1-25(2)45(26(3)4,27(5)6)44-33(28(7)38)31(21-29-17-13-11-14-18-29)23-41-24-32(37-35(40)43-36(8,9)10)34(39)42-22-30-19-15-12-16-20-30/h11-20,25-28,31-33,38H,21-24H2,1-10H3,(H,37,40)/t28-,31-,32-,33-/m0/s1. The molecule has 0 bridgehead atoms. The summed E-state index contributed by atoms with van der Waals surface area (Å²) in [6, 6.07) is 18.3. The molecule has 0 aliphatic rings. The molecular weight excluding hydrogens is 586 g/mol. The number of aliphatic hydroxyl groups is 1. The number of carbonyl (C=O) groups is 2. The van der Waals surface area contributed by atoms with Crippen LogP contribution in [0.25, 0.3) is 0 Å². The molecule has 1 amide bonds. The van der Waals surface area contributed by atoms with Crippen molar-refractivity contribution in [1.82, 2.24) is 5.32 Å². The van der Waals surface area contributed by atoms with E-state index in [1.807, 2.05) is 48.5 Å². The molecule has 252 valence electrons. The average molecular weight is 644 g/mol. The number of hydrogen-bond acceptors (Lipinski definition) is 7. The van der Waals surface area contributed by atoms with Gasteiger partial charge in [0.2, 0.25) is 8.32 Å². The lowest BCUT2D eigenvalue weighted by molar-refractivity contribution is -0.149. The highest BCUT2D eigenvalue weighted by molar-refractivity contribution is 6.77. The van der Waals surface area contributed by atoms with Crippen molar-refractivity contribution < 1.29 is 33.3 Å². The molecule has 2 rings (SSSR count). The van der Waals surface area contributed by atoms with E-state index in [0.29, 0.717) is 23.0 Å². The van der Waals surface area contributed by atoms with Crippen LogP contribution in [0.1, 0.15) is 80.4 Å². The predicted molar refractivity (Wildman–Crippen MR) is 181 cm³/mol. The number of ether oxygens (including phenoxy) is 3. The maximum Gasteiger partial charge on any atom is 0.408 e. The number of carbonyl (C=O) groups excluding carboxylic acids is 2. The summed E-state index contributed by atoms with van der Waals surface area (Å²) in [5.74, 6) is -0.850. The maximum atomic E-state index is 13.2. The van der Waals surface area contributed by atoms with Crippen molar-refractivity contribution in [3.8, 4) is 0 Å². The minimum atomic E-state index is -2.36. The van der Waals surface area contributed by atoms with Crippen molar-refractivity contribution >= 4 is 20.4 Å². The third kappa shape index (κ3) is 12.2. The van der Waals surface area contributed by atoms with E-state index in [0.717, 1.165) is 11.1 Å². The molecule has 0 radical (unpaired) electrons.